The van der Waals surface area contributed by atoms with Crippen molar-refractivity contribution in [2.45, 2.75) is 26.1 Å². The van der Waals surface area contributed by atoms with Gasteiger partial charge in [0.2, 0.25) is 0 Å². The van der Waals surface area contributed by atoms with Gasteiger partial charge in [-0.3, -0.25) is 19.2 Å². The molecule has 1 saturated heterocycles. The van der Waals surface area contributed by atoms with Crippen LogP contribution < -0.4 is 10.2 Å². The second-order valence-electron chi connectivity index (χ2n) is 8.81. The summed E-state index contributed by atoms with van der Waals surface area (Å²) in [6, 6.07) is 16.6. The van der Waals surface area contributed by atoms with Gasteiger partial charge in [-0.2, -0.15) is 10.4 Å². The van der Waals surface area contributed by atoms with Gasteiger partial charge in [0.1, 0.15) is 5.69 Å². The third-order valence-electron chi connectivity index (χ3n) is 6.36. The van der Waals surface area contributed by atoms with E-state index in [-0.39, 0.29) is 23.2 Å². The predicted molar refractivity (Wildman–Crippen MR) is 130 cm³/mol. The molecule has 1 atom stereocenters. The van der Waals surface area contributed by atoms with Crippen LogP contribution in [0.4, 0.5) is 11.4 Å². The molecular weight excluding hydrogens is 444 g/mol. The second-order valence-corrected chi connectivity index (χ2v) is 8.81. The normalized spacial score (nSPS) is 18.1. The molecule has 1 N–H and O–H groups in total. The average Bonchev–Trinajstić information content (AvgIpc) is 3.30. The predicted octanol–water partition coefficient (Wildman–Crippen LogP) is 2.89. The zero-order valence-corrected chi connectivity index (χ0v) is 19.5. The molecule has 0 saturated carbocycles. The molecule has 2 amide bonds. The van der Waals surface area contributed by atoms with Gasteiger partial charge in [0.05, 0.1) is 49.2 Å². The van der Waals surface area contributed by atoms with Crippen LogP contribution in [0.1, 0.15) is 38.9 Å². The van der Waals surface area contributed by atoms with Crippen LogP contribution in [0.2, 0.25) is 0 Å². The highest BCUT2D eigenvalue weighted by Crippen LogP contribution is 2.28. The van der Waals surface area contributed by atoms with Crippen LogP contribution in [-0.4, -0.2) is 58.8 Å². The minimum Gasteiger partial charge on any atom is -0.379 e. The molecule has 0 radical (unpaired) electrons. The van der Waals surface area contributed by atoms with Crippen molar-refractivity contribution in [1.82, 2.24) is 14.7 Å². The number of carbonyl (C=O) groups is 2. The van der Waals surface area contributed by atoms with Gasteiger partial charge in [-0.1, -0.05) is 18.2 Å². The molecule has 2 aromatic carbocycles. The van der Waals surface area contributed by atoms with Gasteiger partial charge in [0.25, 0.3) is 11.8 Å². The van der Waals surface area contributed by atoms with Crippen molar-refractivity contribution in [3.63, 3.8) is 0 Å². The highest BCUT2D eigenvalue weighted by Gasteiger charge is 2.35. The molecule has 3 aromatic rings. The molecule has 1 aromatic heterocycles. The smallest absolute Gasteiger partial charge is 0.277 e. The molecule has 1 fully saturated rings. The summed E-state index contributed by atoms with van der Waals surface area (Å²) >= 11 is 0. The SMILES string of the molecule is C[C@H]1Cn2ncc(C(=O)Nc3cccc(C#N)c3)c2C(=O)N1c1ccc(CN2CCOCC2)cc1. The van der Waals surface area contributed by atoms with Gasteiger partial charge in [0, 0.05) is 31.0 Å². The number of nitriles is 1. The molecule has 0 bridgehead atoms. The minimum absolute atomic E-state index is 0.122. The summed E-state index contributed by atoms with van der Waals surface area (Å²) in [7, 11) is 0. The number of nitrogens with one attached hydrogen (secondary N) is 1. The Morgan fingerprint density at radius 2 is 1.97 bits per heavy atom. The van der Waals surface area contributed by atoms with E-state index in [0.717, 1.165) is 38.5 Å². The van der Waals surface area contributed by atoms with Crippen LogP contribution >= 0.6 is 0 Å². The Morgan fingerprint density at radius 3 is 2.71 bits per heavy atom. The quantitative estimate of drug-likeness (QED) is 0.615. The Kier molecular flexibility index (Phi) is 6.31. The van der Waals surface area contributed by atoms with Gasteiger partial charge >= 0.3 is 0 Å². The average molecular weight is 471 g/mol. The number of hydrogen-bond donors (Lipinski definition) is 1. The lowest BCUT2D eigenvalue weighted by Gasteiger charge is -2.34. The van der Waals surface area contributed by atoms with E-state index in [0.29, 0.717) is 17.8 Å². The number of benzene rings is 2. The van der Waals surface area contributed by atoms with Gasteiger partial charge in [-0.25, -0.2) is 0 Å². The number of aromatic nitrogens is 2. The van der Waals surface area contributed by atoms with Crippen LogP contribution in [-0.2, 0) is 17.8 Å². The lowest BCUT2D eigenvalue weighted by molar-refractivity contribution is 0.0342. The van der Waals surface area contributed by atoms with Crippen molar-refractivity contribution < 1.29 is 14.3 Å². The summed E-state index contributed by atoms with van der Waals surface area (Å²) in [6.45, 7) is 6.64. The Morgan fingerprint density at radius 1 is 1.20 bits per heavy atom. The first kappa shape index (κ1) is 22.8. The Bertz CT molecular complexity index is 1290. The number of amides is 2. The van der Waals surface area contributed by atoms with Crippen molar-refractivity contribution in [2.24, 2.45) is 0 Å². The summed E-state index contributed by atoms with van der Waals surface area (Å²) in [5.74, 6) is -0.705. The summed E-state index contributed by atoms with van der Waals surface area (Å²) in [6.07, 6.45) is 1.43. The molecule has 9 nitrogen and oxygen atoms in total. The molecule has 3 heterocycles. The van der Waals surface area contributed by atoms with E-state index in [1.807, 2.05) is 31.2 Å². The topological polar surface area (TPSA) is 103 Å². The molecule has 0 spiro atoms. The zero-order chi connectivity index (χ0) is 24.4. The van der Waals surface area contributed by atoms with E-state index in [9.17, 15) is 9.59 Å². The fourth-order valence-electron chi connectivity index (χ4n) is 4.58. The van der Waals surface area contributed by atoms with E-state index in [2.05, 4.69) is 21.4 Å². The van der Waals surface area contributed by atoms with E-state index < -0.39 is 5.91 Å². The first-order chi connectivity index (χ1) is 17.0. The highest BCUT2D eigenvalue weighted by atomic mass is 16.5. The number of carbonyl (C=O) groups excluding carboxylic acids is 2. The Labute approximate surface area is 203 Å². The Hall–Kier alpha value is -4.00. The third kappa shape index (κ3) is 4.67. The van der Waals surface area contributed by atoms with Crippen LogP contribution in [0, 0.1) is 11.3 Å². The lowest BCUT2D eigenvalue weighted by Crippen LogP contribution is -2.47. The summed E-state index contributed by atoms with van der Waals surface area (Å²) < 4.78 is 7.01. The zero-order valence-electron chi connectivity index (χ0n) is 19.5. The van der Waals surface area contributed by atoms with E-state index in [4.69, 9.17) is 10.00 Å². The number of hydrogen-bond acceptors (Lipinski definition) is 6. The summed E-state index contributed by atoms with van der Waals surface area (Å²) in [4.78, 5) is 30.7. The fraction of sp³-hybridized carbons (Fsp3) is 0.308. The van der Waals surface area contributed by atoms with Crippen LogP contribution in [0.3, 0.4) is 0 Å². The molecule has 9 heteroatoms. The van der Waals surface area contributed by atoms with Crippen molar-refractivity contribution >= 4 is 23.2 Å². The fourth-order valence-corrected chi connectivity index (χ4v) is 4.58. The monoisotopic (exact) mass is 470 g/mol. The number of nitrogens with zero attached hydrogens (tertiary/aromatic N) is 5. The maximum absolute atomic E-state index is 13.6. The maximum Gasteiger partial charge on any atom is 0.277 e. The van der Waals surface area contributed by atoms with Gasteiger partial charge in [-0.15, -0.1) is 0 Å². The van der Waals surface area contributed by atoms with Crippen molar-refractivity contribution in [2.75, 3.05) is 36.5 Å². The highest BCUT2D eigenvalue weighted by molar-refractivity contribution is 6.15. The maximum atomic E-state index is 13.6. The molecule has 0 aliphatic carbocycles. The summed E-state index contributed by atoms with van der Waals surface area (Å²) in [5, 5.41) is 16.2. The number of anilines is 2. The summed E-state index contributed by atoms with van der Waals surface area (Å²) in [5.41, 5.74) is 3.35. The first-order valence-electron chi connectivity index (χ1n) is 11.6. The van der Waals surface area contributed by atoms with Gasteiger partial charge in [-0.05, 0) is 42.8 Å². The van der Waals surface area contributed by atoms with E-state index >= 15 is 0 Å². The third-order valence-corrected chi connectivity index (χ3v) is 6.36. The van der Waals surface area contributed by atoms with Gasteiger partial charge < -0.3 is 15.0 Å². The molecule has 2 aliphatic rings. The number of rotatable bonds is 5. The van der Waals surface area contributed by atoms with Gasteiger partial charge in [0.15, 0.2) is 0 Å². The van der Waals surface area contributed by atoms with Crippen LogP contribution in [0.5, 0.6) is 0 Å². The molecule has 2 aliphatic heterocycles. The standard InChI is InChI=1S/C26H26N6O3/c1-18-16-31-24(23(15-28-31)25(33)29-21-4-2-3-20(13-21)14-27)26(34)32(18)22-7-5-19(6-8-22)17-30-9-11-35-12-10-30/h2-8,13,15,18H,9-12,16-17H2,1H3,(H,29,33)/t18-/m0/s1. The van der Waals surface area contributed by atoms with Crippen LogP contribution in [0.25, 0.3) is 0 Å². The lowest BCUT2D eigenvalue weighted by atomic mass is 10.1. The Balaban J connectivity index is 1.35. The van der Waals surface area contributed by atoms with E-state index in [1.165, 1.54) is 11.8 Å². The second kappa shape index (κ2) is 9.70. The van der Waals surface area contributed by atoms with E-state index in [1.54, 1.807) is 33.8 Å². The molecular formula is C26H26N6O3. The molecule has 0 unspecified atom stereocenters. The van der Waals surface area contributed by atoms with Crippen molar-refractivity contribution in [1.29, 1.82) is 5.26 Å². The number of morpholine rings is 1. The molecule has 35 heavy (non-hydrogen) atoms. The molecule has 5 rings (SSSR count). The van der Waals surface area contributed by atoms with Crippen molar-refractivity contribution in [3.8, 4) is 6.07 Å². The first-order valence-corrected chi connectivity index (χ1v) is 11.6. The largest absolute Gasteiger partial charge is 0.379 e. The number of ether oxygens (including phenoxy) is 1. The van der Waals surface area contributed by atoms with Crippen LogP contribution in [0.15, 0.2) is 54.7 Å². The van der Waals surface area contributed by atoms with Crippen molar-refractivity contribution in [3.05, 3.63) is 77.1 Å². The minimum atomic E-state index is -0.440. The number of fused-ring (bicyclic) bond motifs is 1. The molecule has 178 valence electrons.